The Kier molecular flexibility index (Phi) is 3.66. The highest BCUT2D eigenvalue weighted by molar-refractivity contribution is 9.10. The van der Waals surface area contributed by atoms with Gasteiger partial charge in [-0.1, -0.05) is 5.92 Å². The molecule has 1 N–H and O–H groups in total. The molecule has 0 aliphatic heterocycles. The number of carbonyl (C=O) groups is 1. The molecular formula is C10H7BrFNO. The number of rotatable bonds is 2. The van der Waals surface area contributed by atoms with Crippen molar-refractivity contribution in [2.24, 2.45) is 0 Å². The van der Waals surface area contributed by atoms with Gasteiger partial charge < -0.3 is 5.32 Å². The quantitative estimate of drug-likeness (QED) is 0.809. The number of halogens is 2. The summed E-state index contributed by atoms with van der Waals surface area (Å²) in [5.74, 6) is 1.45. The molecule has 0 saturated carbocycles. The van der Waals surface area contributed by atoms with Crippen LogP contribution in [0.3, 0.4) is 0 Å². The molecule has 1 rings (SSSR count). The van der Waals surface area contributed by atoms with E-state index in [1.807, 2.05) is 0 Å². The zero-order chi connectivity index (χ0) is 10.6. The molecule has 0 saturated heterocycles. The number of amides is 1. The van der Waals surface area contributed by atoms with Gasteiger partial charge in [-0.2, -0.15) is 0 Å². The van der Waals surface area contributed by atoms with Gasteiger partial charge in [0, 0.05) is 4.47 Å². The molecule has 1 aromatic carbocycles. The average molecular weight is 256 g/mol. The van der Waals surface area contributed by atoms with Crippen LogP contribution in [0.25, 0.3) is 0 Å². The summed E-state index contributed by atoms with van der Waals surface area (Å²) < 4.78 is 13.4. The Hall–Kier alpha value is -1.34. The number of terminal acetylenes is 1. The van der Waals surface area contributed by atoms with E-state index in [0.717, 1.165) is 0 Å². The molecule has 0 unspecified atom stereocenters. The Morgan fingerprint density at radius 3 is 3.00 bits per heavy atom. The van der Waals surface area contributed by atoms with Crippen LogP contribution in [0.15, 0.2) is 22.7 Å². The van der Waals surface area contributed by atoms with Crippen LogP contribution >= 0.6 is 15.9 Å². The van der Waals surface area contributed by atoms with E-state index in [4.69, 9.17) is 6.42 Å². The van der Waals surface area contributed by atoms with Crippen molar-refractivity contribution in [3.05, 3.63) is 28.5 Å². The van der Waals surface area contributed by atoms with Crippen molar-refractivity contribution in [2.75, 3.05) is 5.32 Å². The molecule has 4 heteroatoms. The fourth-order valence-electron chi connectivity index (χ4n) is 0.880. The maximum atomic E-state index is 12.8. The van der Waals surface area contributed by atoms with Crippen LogP contribution in [0.5, 0.6) is 0 Å². The highest BCUT2D eigenvalue weighted by Crippen LogP contribution is 2.22. The highest BCUT2D eigenvalue weighted by Gasteiger charge is 2.04. The van der Waals surface area contributed by atoms with E-state index in [0.29, 0.717) is 10.2 Å². The predicted molar refractivity (Wildman–Crippen MR) is 56.2 cm³/mol. The molecule has 0 radical (unpaired) electrons. The summed E-state index contributed by atoms with van der Waals surface area (Å²) in [6.45, 7) is 0. The second-order valence-corrected chi connectivity index (χ2v) is 3.41. The predicted octanol–water partition coefficient (Wildman–Crippen LogP) is 2.55. The Bertz CT molecular complexity index is 398. The van der Waals surface area contributed by atoms with Crippen molar-refractivity contribution < 1.29 is 9.18 Å². The third-order valence-electron chi connectivity index (χ3n) is 1.47. The number of hydrogen-bond acceptors (Lipinski definition) is 1. The standard InChI is InChI=1S/C10H7BrFNO/c1-2-3-10(14)13-9-6-7(12)4-5-8(9)11/h1,4-6H,3H2,(H,13,14). The van der Waals surface area contributed by atoms with Crippen LogP contribution in [0.4, 0.5) is 10.1 Å². The molecule has 0 spiro atoms. The molecule has 1 aromatic rings. The van der Waals surface area contributed by atoms with E-state index < -0.39 is 5.82 Å². The highest BCUT2D eigenvalue weighted by atomic mass is 79.9. The lowest BCUT2D eigenvalue weighted by Gasteiger charge is -2.05. The Labute approximate surface area is 89.6 Å². The van der Waals surface area contributed by atoms with Gasteiger partial charge in [0.2, 0.25) is 5.91 Å². The van der Waals surface area contributed by atoms with Crippen molar-refractivity contribution in [1.82, 2.24) is 0 Å². The second kappa shape index (κ2) is 4.77. The van der Waals surface area contributed by atoms with Crippen LogP contribution in [-0.4, -0.2) is 5.91 Å². The zero-order valence-corrected chi connectivity index (χ0v) is 8.77. The minimum Gasteiger partial charge on any atom is -0.324 e. The van der Waals surface area contributed by atoms with Gasteiger partial charge in [0.15, 0.2) is 0 Å². The fourth-order valence-corrected chi connectivity index (χ4v) is 1.23. The van der Waals surface area contributed by atoms with Crippen molar-refractivity contribution in [3.8, 4) is 12.3 Å². The SMILES string of the molecule is C#CCC(=O)Nc1cc(F)ccc1Br. The maximum absolute atomic E-state index is 12.8. The summed E-state index contributed by atoms with van der Waals surface area (Å²) in [5, 5.41) is 2.48. The number of nitrogens with one attached hydrogen (secondary N) is 1. The normalized spacial score (nSPS) is 9.21. The molecule has 0 aromatic heterocycles. The fraction of sp³-hybridized carbons (Fsp3) is 0.100. The van der Waals surface area contributed by atoms with E-state index >= 15 is 0 Å². The van der Waals surface area contributed by atoms with E-state index in [2.05, 4.69) is 27.2 Å². The topological polar surface area (TPSA) is 29.1 Å². The number of hydrogen-bond donors (Lipinski definition) is 1. The summed E-state index contributed by atoms with van der Waals surface area (Å²) in [4.78, 5) is 11.1. The molecule has 1 amide bonds. The Morgan fingerprint density at radius 1 is 1.64 bits per heavy atom. The summed E-state index contributed by atoms with van der Waals surface area (Å²) in [6, 6.07) is 4.03. The zero-order valence-electron chi connectivity index (χ0n) is 7.18. The van der Waals surface area contributed by atoms with Gasteiger partial charge >= 0.3 is 0 Å². The molecule has 0 fully saturated rings. The summed E-state index contributed by atoms with van der Waals surface area (Å²) in [7, 11) is 0. The van der Waals surface area contributed by atoms with E-state index in [1.54, 1.807) is 0 Å². The molecule has 0 aliphatic rings. The van der Waals surface area contributed by atoms with Crippen LogP contribution in [0, 0.1) is 18.2 Å². The number of benzene rings is 1. The summed E-state index contributed by atoms with van der Waals surface area (Å²) in [6.07, 6.45) is 4.93. The van der Waals surface area contributed by atoms with Gasteiger partial charge in [-0.25, -0.2) is 4.39 Å². The molecule has 0 aliphatic carbocycles. The first-order valence-corrected chi connectivity index (χ1v) is 4.61. The van der Waals surface area contributed by atoms with Crippen LogP contribution in [0.2, 0.25) is 0 Å². The molecular weight excluding hydrogens is 249 g/mol. The minimum atomic E-state index is -0.413. The third kappa shape index (κ3) is 2.86. The van der Waals surface area contributed by atoms with Crippen molar-refractivity contribution in [3.63, 3.8) is 0 Å². The molecule has 0 heterocycles. The lowest BCUT2D eigenvalue weighted by atomic mass is 10.3. The maximum Gasteiger partial charge on any atom is 0.236 e. The first-order valence-electron chi connectivity index (χ1n) is 3.82. The Balaban J connectivity index is 2.81. The van der Waals surface area contributed by atoms with Crippen molar-refractivity contribution in [2.45, 2.75) is 6.42 Å². The lowest BCUT2D eigenvalue weighted by molar-refractivity contribution is -0.115. The third-order valence-corrected chi connectivity index (χ3v) is 2.16. The van der Waals surface area contributed by atoms with Gasteiger partial charge in [0.1, 0.15) is 5.82 Å². The van der Waals surface area contributed by atoms with E-state index in [-0.39, 0.29) is 12.3 Å². The molecule has 72 valence electrons. The molecule has 14 heavy (non-hydrogen) atoms. The lowest BCUT2D eigenvalue weighted by Crippen LogP contribution is -2.10. The van der Waals surface area contributed by atoms with Crippen molar-refractivity contribution in [1.29, 1.82) is 0 Å². The smallest absolute Gasteiger partial charge is 0.236 e. The second-order valence-electron chi connectivity index (χ2n) is 2.55. The minimum absolute atomic E-state index is 0.0248. The molecule has 2 nitrogen and oxygen atoms in total. The van der Waals surface area contributed by atoms with Gasteiger partial charge in [0.25, 0.3) is 0 Å². The number of anilines is 1. The van der Waals surface area contributed by atoms with E-state index in [1.165, 1.54) is 18.2 Å². The van der Waals surface area contributed by atoms with Gasteiger partial charge in [-0.15, -0.1) is 6.42 Å². The summed E-state index contributed by atoms with van der Waals surface area (Å²) in [5.41, 5.74) is 0.380. The first kappa shape index (κ1) is 10.7. The van der Waals surface area contributed by atoms with E-state index in [9.17, 15) is 9.18 Å². The average Bonchev–Trinajstić information content (AvgIpc) is 2.12. The number of carbonyl (C=O) groups excluding carboxylic acids is 1. The van der Waals surface area contributed by atoms with Gasteiger partial charge in [0.05, 0.1) is 12.1 Å². The first-order chi connectivity index (χ1) is 6.63. The van der Waals surface area contributed by atoms with Crippen LogP contribution in [-0.2, 0) is 4.79 Å². The molecule has 0 bridgehead atoms. The van der Waals surface area contributed by atoms with Crippen LogP contribution in [0.1, 0.15) is 6.42 Å². The molecule has 0 atom stereocenters. The largest absolute Gasteiger partial charge is 0.324 e. The summed E-state index contributed by atoms with van der Waals surface area (Å²) >= 11 is 3.18. The Morgan fingerprint density at radius 2 is 2.36 bits per heavy atom. The van der Waals surface area contributed by atoms with Crippen molar-refractivity contribution >= 4 is 27.5 Å². The monoisotopic (exact) mass is 255 g/mol. The van der Waals surface area contributed by atoms with Gasteiger partial charge in [-0.3, -0.25) is 4.79 Å². The van der Waals surface area contributed by atoms with Crippen LogP contribution < -0.4 is 5.32 Å². The van der Waals surface area contributed by atoms with Gasteiger partial charge in [-0.05, 0) is 34.1 Å².